The molecule has 1 aliphatic heterocycles. The van der Waals surface area contributed by atoms with Crippen molar-refractivity contribution in [3.05, 3.63) is 96.1 Å². The zero-order valence-electron chi connectivity index (χ0n) is 20.0. The number of likely N-dealkylation sites (tertiary alicyclic amines) is 1. The topological polar surface area (TPSA) is 81.8 Å². The van der Waals surface area contributed by atoms with Crippen LogP contribution >= 0.6 is 0 Å². The predicted octanol–water partition coefficient (Wildman–Crippen LogP) is 4.51. The molecule has 0 spiro atoms. The third kappa shape index (κ3) is 5.69. The molecule has 1 fully saturated rings. The molecule has 0 radical (unpaired) electrons. The van der Waals surface area contributed by atoms with Crippen molar-refractivity contribution in [1.29, 1.82) is 0 Å². The van der Waals surface area contributed by atoms with Crippen molar-refractivity contribution in [3.8, 4) is 0 Å². The molecule has 7 nitrogen and oxygen atoms in total. The Balaban J connectivity index is 1.50. The monoisotopic (exact) mass is 470 g/mol. The van der Waals surface area contributed by atoms with Crippen molar-refractivity contribution >= 4 is 29.2 Å². The van der Waals surface area contributed by atoms with Gasteiger partial charge in [0.2, 0.25) is 11.8 Å². The highest BCUT2D eigenvalue weighted by atomic mass is 16.2. The van der Waals surface area contributed by atoms with E-state index in [1.165, 1.54) is 0 Å². The van der Waals surface area contributed by atoms with Crippen LogP contribution in [0.2, 0.25) is 0 Å². The van der Waals surface area contributed by atoms with E-state index >= 15 is 0 Å². The van der Waals surface area contributed by atoms with Gasteiger partial charge >= 0.3 is 6.03 Å². The van der Waals surface area contributed by atoms with Gasteiger partial charge in [-0.2, -0.15) is 0 Å². The maximum absolute atomic E-state index is 13.5. The van der Waals surface area contributed by atoms with Gasteiger partial charge in [0.05, 0.1) is 12.6 Å². The largest absolute Gasteiger partial charge is 0.329 e. The second-order valence-electron chi connectivity index (χ2n) is 8.73. The Morgan fingerprint density at radius 2 is 1.60 bits per heavy atom. The lowest BCUT2D eigenvalue weighted by molar-refractivity contribution is -0.138. The standard InChI is InChI=1S/C28H30N4O3/c1-20-10-9-13-22(18-20)30-28(35)29-19-26(33)32-24(21-11-5-3-6-12-21)16-17-25(32)27(34)31(2)23-14-7-4-8-15-23/h3-15,18,24-25H,16-17,19H2,1-2H3,(H2,29,30,35)/t24?,25-/m0/s1. The number of nitrogens with one attached hydrogen (secondary N) is 2. The SMILES string of the molecule is Cc1cccc(NC(=O)NCC(=O)N2C(c3ccccc3)CC[C@H]2C(=O)N(C)c2ccccc2)c1. The van der Waals surface area contributed by atoms with Crippen LogP contribution < -0.4 is 15.5 Å². The first kappa shape index (κ1) is 24.0. The molecule has 1 saturated heterocycles. The molecule has 4 amide bonds. The van der Waals surface area contributed by atoms with Crippen LogP contribution in [0.4, 0.5) is 16.2 Å². The summed E-state index contributed by atoms with van der Waals surface area (Å²) in [5, 5.41) is 5.40. The zero-order chi connectivity index (χ0) is 24.8. The van der Waals surface area contributed by atoms with E-state index in [2.05, 4.69) is 10.6 Å². The van der Waals surface area contributed by atoms with Gasteiger partial charge < -0.3 is 20.4 Å². The molecule has 3 aromatic rings. The first-order valence-electron chi connectivity index (χ1n) is 11.7. The number of likely N-dealkylation sites (N-methyl/N-ethyl adjacent to an activating group) is 1. The van der Waals surface area contributed by atoms with Gasteiger partial charge in [-0.05, 0) is 55.2 Å². The first-order chi connectivity index (χ1) is 16.9. The van der Waals surface area contributed by atoms with E-state index in [1.807, 2.05) is 85.8 Å². The van der Waals surface area contributed by atoms with Gasteiger partial charge in [-0.15, -0.1) is 0 Å². The van der Waals surface area contributed by atoms with Crippen molar-refractivity contribution in [3.63, 3.8) is 0 Å². The highest BCUT2D eigenvalue weighted by molar-refractivity contribution is 6.00. The molecule has 180 valence electrons. The van der Waals surface area contributed by atoms with E-state index in [0.717, 1.165) is 16.8 Å². The van der Waals surface area contributed by atoms with Crippen LogP contribution in [-0.2, 0) is 9.59 Å². The van der Waals surface area contributed by atoms with Crippen LogP contribution in [0.15, 0.2) is 84.9 Å². The zero-order valence-corrected chi connectivity index (χ0v) is 20.0. The van der Waals surface area contributed by atoms with Crippen LogP contribution in [0.3, 0.4) is 0 Å². The Kier molecular flexibility index (Phi) is 7.45. The summed E-state index contributed by atoms with van der Waals surface area (Å²) in [4.78, 5) is 42.6. The maximum atomic E-state index is 13.5. The van der Waals surface area contributed by atoms with E-state index < -0.39 is 12.1 Å². The molecule has 0 bridgehead atoms. The minimum Gasteiger partial charge on any atom is -0.329 e. The quantitative estimate of drug-likeness (QED) is 0.556. The number of carbonyl (C=O) groups excluding carboxylic acids is 3. The summed E-state index contributed by atoms with van der Waals surface area (Å²) in [6, 6.07) is 25.2. The lowest BCUT2D eigenvalue weighted by Crippen LogP contribution is -2.50. The van der Waals surface area contributed by atoms with Crippen molar-refractivity contribution in [2.24, 2.45) is 0 Å². The van der Waals surface area contributed by atoms with E-state index in [9.17, 15) is 14.4 Å². The summed E-state index contributed by atoms with van der Waals surface area (Å²) in [6.45, 7) is 1.73. The number of aryl methyl sites for hydroxylation is 1. The fourth-order valence-corrected chi connectivity index (χ4v) is 4.55. The van der Waals surface area contributed by atoms with E-state index in [0.29, 0.717) is 18.5 Å². The second-order valence-corrected chi connectivity index (χ2v) is 8.73. The second kappa shape index (κ2) is 10.9. The lowest BCUT2D eigenvalue weighted by Gasteiger charge is -2.32. The molecular weight excluding hydrogens is 440 g/mol. The molecule has 7 heteroatoms. The Labute approximate surface area is 205 Å². The van der Waals surface area contributed by atoms with Crippen molar-refractivity contribution in [2.75, 3.05) is 23.8 Å². The summed E-state index contributed by atoms with van der Waals surface area (Å²) in [7, 11) is 1.73. The molecule has 2 atom stereocenters. The number of hydrogen-bond acceptors (Lipinski definition) is 3. The Morgan fingerprint density at radius 1 is 0.914 bits per heavy atom. The van der Waals surface area contributed by atoms with E-state index in [1.54, 1.807) is 22.9 Å². The number of anilines is 2. The minimum atomic E-state index is -0.612. The Bertz CT molecular complexity index is 1180. The molecule has 35 heavy (non-hydrogen) atoms. The Hall–Kier alpha value is -4.13. The number of carbonyl (C=O) groups is 3. The van der Waals surface area contributed by atoms with Gasteiger partial charge in [0.1, 0.15) is 6.04 Å². The molecule has 0 aromatic heterocycles. The molecule has 1 unspecified atom stereocenters. The number of amides is 4. The molecule has 0 saturated carbocycles. The fourth-order valence-electron chi connectivity index (χ4n) is 4.55. The molecule has 1 heterocycles. The average molecular weight is 471 g/mol. The third-order valence-electron chi connectivity index (χ3n) is 6.29. The van der Waals surface area contributed by atoms with Gasteiger partial charge in [-0.25, -0.2) is 4.79 Å². The summed E-state index contributed by atoms with van der Waals surface area (Å²) in [5.41, 5.74) is 3.41. The van der Waals surface area contributed by atoms with Gasteiger partial charge in [-0.1, -0.05) is 60.7 Å². The molecular formula is C28H30N4O3. The predicted molar refractivity (Wildman–Crippen MR) is 137 cm³/mol. The molecule has 3 aromatic carbocycles. The van der Waals surface area contributed by atoms with Gasteiger partial charge in [0, 0.05) is 18.4 Å². The van der Waals surface area contributed by atoms with Crippen LogP contribution in [0.1, 0.15) is 30.0 Å². The summed E-state index contributed by atoms with van der Waals surface area (Å²) in [6.07, 6.45) is 1.22. The highest BCUT2D eigenvalue weighted by Crippen LogP contribution is 2.37. The maximum Gasteiger partial charge on any atom is 0.319 e. The number of nitrogens with zero attached hydrogens (tertiary/aromatic N) is 2. The number of hydrogen-bond donors (Lipinski definition) is 2. The highest BCUT2D eigenvalue weighted by Gasteiger charge is 2.42. The number of rotatable bonds is 6. The minimum absolute atomic E-state index is 0.146. The van der Waals surface area contributed by atoms with Crippen LogP contribution in [0, 0.1) is 6.92 Å². The number of urea groups is 1. The lowest BCUT2D eigenvalue weighted by atomic mass is 10.0. The van der Waals surface area contributed by atoms with Gasteiger partial charge in [-0.3, -0.25) is 9.59 Å². The third-order valence-corrected chi connectivity index (χ3v) is 6.29. The van der Waals surface area contributed by atoms with E-state index in [-0.39, 0.29) is 24.4 Å². The number of para-hydroxylation sites is 1. The normalized spacial score (nSPS) is 17.0. The van der Waals surface area contributed by atoms with E-state index in [4.69, 9.17) is 0 Å². The summed E-state index contributed by atoms with van der Waals surface area (Å²) in [5.74, 6) is -0.442. The van der Waals surface area contributed by atoms with Gasteiger partial charge in [0.25, 0.3) is 0 Å². The van der Waals surface area contributed by atoms with Crippen molar-refractivity contribution in [2.45, 2.75) is 31.8 Å². The van der Waals surface area contributed by atoms with Crippen molar-refractivity contribution < 1.29 is 14.4 Å². The average Bonchev–Trinajstić information content (AvgIpc) is 3.33. The van der Waals surface area contributed by atoms with Crippen LogP contribution in [0.25, 0.3) is 0 Å². The molecule has 1 aliphatic rings. The summed E-state index contributed by atoms with van der Waals surface area (Å²) >= 11 is 0. The van der Waals surface area contributed by atoms with Gasteiger partial charge in [0.15, 0.2) is 0 Å². The van der Waals surface area contributed by atoms with Crippen molar-refractivity contribution in [1.82, 2.24) is 10.2 Å². The molecule has 2 N–H and O–H groups in total. The molecule has 0 aliphatic carbocycles. The van der Waals surface area contributed by atoms with Crippen LogP contribution in [-0.4, -0.2) is 42.4 Å². The van der Waals surface area contributed by atoms with Crippen LogP contribution in [0.5, 0.6) is 0 Å². The molecule has 4 rings (SSSR count). The Morgan fingerprint density at radius 3 is 2.29 bits per heavy atom. The smallest absolute Gasteiger partial charge is 0.319 e. The number of benzene rings is 3. The first-order valence-corrected chi connectivity index (χ1v) is 11.7. The fraction of sp³-hybridized carbons (Fsp3) is 0.250. The summed E-state index contributed by atoms with van der Waals surface area (Å²) < 4.78 is 0.